The van der Waals surface area contributed by atoms with Gasteiger partial charge in [0.25, 0.3) is 5.91 Å². The maximum absolute atomic E-state index is 15.2. The standard InChI is InChI=1S/C18H22F2N4O/c19-15-5-13-14(9-24(18(13)25)11-2-1-3-21-6-11)16(20)17(15)23-8-10-4-12(23)7-22-10/h5,10-12,21-22H,1-4,6-9H2. The quantitative estimate of drug-likeness (QED) is 0.844. The summed E-state index contributed by atoms with van der Waals surface area (Å²) in [6, 6.07) is 1.77. The zero-order valence-corrected chi connectivity index (χ0v) is 14.0. The number of piperidine rings is 1. The van der Waals surface area contributed by atoms with E-state index in [0.717, 1.165) is 38.9 Å². The van der Waals surface area contributed by atoms with E-state index < -0.39 is 11.6 Å². The summed E-state index contributed by atoms with van der Waals surface area (Å²) in [6.07, 6.45) is 2.83. The molecule has 3 unspecified atom stereocenters. The molecule has 0 spiro atoms. The van der Waals surface area contributed by atoms with Gasteiger partial charge in [0.05, 0.1) is 12.1 Å². The number of piperazine rings is 1. The summed E-state index contributed by atoms with van der Waals surface area (Å²) < 4.78 is 30.0. The molecule has 0 aliphatic carbocycles. The van der Waals surface area contributed by atoms with Crippen LogP contribution in [0.1, 0.15) is 35.2 Å². The Morgan fingerprint density at radius 3 is 2.72 bits per heavy atom. The van der Waals surface area contributed by atoms with Gasteiger partial charge in [0, 0.05) is 43.3 Å². The summed E-state index contributed by atoms with van der Waals surface area (Å²) in [5, 5.41) is 6.63. The maximum atomic E-state index is 15.2. The predicted octanol–water partition coefficient (Wildman–Crippen LogP) is 1.22. The Bertz CT molecular complexity index is 734. The molecule has 5 rings (SSSR count). The predicted molar refractivity (Wildman–Crippen MR) is 89.7 cm³/mol. The molecule has 4 heterocycles. The van der Waals surface area contributed by atoms with Crippen LogP contribution in [0, 0.1) is 11.6 Å². The fraction of sp³-hybridized carbons (Fsp3) is 0.611. The Labute approximate surface area is 145 Å². The number of carbonyl (C=O) groups excluding carboxylic acids is 1. The first kappa shape index (κ1) is 15.5. The van der Waals surface area contributed by atoms with E-state index in [1.807, 2.05) is 4.90 Å². The topological polar surface area (TPSA) is 47.6 Å². The van der Waals surface area contributed by atoms with Crippen molar-refractivity contribution in [1.29, 1.82) is 0 Å². The first-order valence-electron chi connectivity index (χ1n) is 9.16. The summed E-state index contributed by atoms with van der Waals surface area (Å²) in [7, 11) is 0. The van der Waals surface area contributed by atoms with Crippen LogP contribution in [0.4, 0.5) is 14.5 Å². The number of nitrogens with zero attached hydrogens (tertiary/aromatic N) is 2. The average molecular weight is 348 g/mol. The van der Waals surface area contributed by atoms with Crippen LogP contribution in [0.25, 0.3) is 0 Å². The second-order valence-corrected chi connectivity index (χ2v) is 7.63. The average Bonchev–Trinajstić information content (AvgIpc) is 3.31. The summed E-state index contributed by atoms with van der Waals surface area (Å²) in [5.41, 5.74) is 0.624. The maximum Gasteiger partial charge on any atom is 0.255 e. The second kappa shape index (κ2) is 5.64. The first-order chi connectivity index (χ1) is 12.1. The third-order valence-corrected chi connectivity index (χ3v) is 6.17. The lowest BCUT2D eigenvalue weighted by Gasteiger charge is -2.31. The Hall–Kier alpha value is -1.73. The van der Waals surface area contributed by atoms with Crippen LogP contribution in [-0.4, -0.2) is 55.1 Å². The van der Waals surface area contributed by atoms with Gasteiger partial charge in [-0.2, -0.15) is 0 Å². The van der Waals surface area contributed by atoms with E-state index >= 15 is 4.39 Å². The molecule has 0 aromatic heterocycles. The Morgan fingerprint density at radius 2 is 2.04 bits per heavy atom. The molecule has 4 aliphatic rings. The molecule has 5 nitrogen and oxygen atoms in total. The van der Waals surface area contributed by atoms with E-state index in [0.29, 0.717) is 18.2 Å². The molecule has 0 radical (unpaired) electrons. The molecule has 134 valence electrons. The van der Waals surface area contributed by atoms with Gasteiger partial charge in [-0.15, -0.1) is 0 Å². The van der Waals surface area contributed by atoms with Gasteiger partial charge in [0.1, 0.15) is 11.5 Å². The second-order valence-electron chi connectivity index (χ2n) is 7.63. The minimum Gasteiger partial charge on any atom is -0.361 e. The summed E-state index contributed by atoms with van der Waals surface area (Å²) in [6.45, 7) is 3.31. The van der Waals surface area contributed by atoms with Crippen LogP contribution in [-0.2, 0) is 6.54 Å². The zero-order chi connectivity index (χ0) is 17.1. The minimum absolute atomic E-state index is 0.0594. The molecule has 0 saturated carbocycles. The number of hydrogen-bond acceptors (Lipinski definition) is 4. The molecule has 3 atom stereocenters. The van der Waals surface area contributed by atoms with Crippen molar-refractivity contribution in [3.63, 3.8) is 0 Å². The number of hydrogen-bond donors (Lipinski definition) is 2. The molecular weight excluding hydrogens is 326 g/mol. The molecule has 1 aromatic carbocycles. The third-order valence-electron chi connectivity index (χ3n) is 6.17. The molecule has 25 heavy (non-hydrogen) atoms. The van der Waals surface area contributed by atoms with Crippen LogP contribution >= 0.6 is 0 Å². The lowest BCUT2D eigenvalue weighted by atomic mass is 10.1. The number of amides is 1. The highest BCUT2D eigenvalue weighted by Gasteiger charge is 2.42. The monoisotopic (exact) mass is 348 g/mol. The Kier molecular flexibility index (Phi) is 3.50. The number of nitrogens with one attached hydrogen (secondary N) is 2. The number of halogens is 2. The van der Waals surface area contributed by atoms with E-state index in [1.54, 1.807) is 4.90 Å². The number of carbonyl (C=O) groups is 1. The number of fused-ring (bicyclic) bond motifs is 3. The summed E-state index contributed by atoms with van der Waals surface area (Å²) in [5.74, 6) is -1.39. The molecule has 4 aliphatic heterocycles. The van der Waals surface area contributed by atoms with Gasteiger partial charge in [0.2, 0.25) is 0 Å². The number of anilines is 1. The van der Waals surface area contributed by atoms with Crippen molar-refractivity contribution in [2.24, 2.45) is 0 Å². The minimum atomic E-state index is -0.610. The van der Waals surface area contributed by atoms with Crippen molar-refractivity contribution in [1.82, 2.24) is 15.5 Å². The van der Waals surface area contributed by atoms with Crippen LogP contribution in [0.15, 0.2) is 6.07 Å². The van der Waals surface area contributed by atoms with Crippen molar-refractivity contribution >= 4 is 11.6 Å². The smallest absolute Gasteiger partial charge is 0.255 e. The highest BCUT2D eigenvalue weighted by atomic mass is 19.1. The highest BCUT2D eigenvalue weighted by molar-refractivity contribution is 5.99. The van der Waals surface area contributed by atoms with Crippen LogP contribution in [0.5, 0.6) is 0 Å². The van der Waals surface area contributed by atoms with Crippen molar-refractivity contribution < 1.29 is 13.6 Å². The molecule has 3 fully saturated rings. The molecule has 3 saturated heterocycles. The summed E-state index contributed by atoms with van der Waals surface area (Å²) in [4.78, 5) is 16.3. The molecule has 1 amide bonds. The third kappa shape index (κ3) is 2.29. The van der Waals surface area contributed by atoms with E-state index in [4.69, 9.17) is 0 Å². The largest absolute Gasteiger partial charge is 0.361 e. The van der Waals surface area contributed by atoms with Crippen molar-refractivity contribution in [3.8, 4) is 0 Å². The van der Waals surface area contributed by atoms with Crippen LogP contribution in [0.2, 0.25) is 0 Å². The van der Waals surface area contributed by atoms with Crippen molar-refractivity contribution in [3.05, 3.63) is 28.8 Å². The molecule has 2 bridgehead atoms. The van der Waals surface area contributed by atoms with Gasteiger partial charge in [0.15, 0.2) is 5.82 Å². The first-order valence-corrected chi connectivity index (χ1v) is 9.16. The SMILES string of the molecule is O=C1c2cc(F)c(N3CC4CC3CN4)c(F)c2CN1C1CCCNC1. The van der Waals surface area contributed by atoms with E-state index in [2.05, 4.69) is 10.6 Å². The van der Waals surface area contributed by atoms with E-state index in [-0.39, 0.29) is 35.8 Å². The van der Waals surface area contributed by atoms with Gasteiger partial charge < -0.3 is 20.4 Å². The molecule has 2 N–H and O–H groups in total. The fourth-order valence-electron chi connectivity index (χ4n) is 4.88. The van der Waals surface area contributed by atoms with Crippen LogP contribution < -0.4 is 15.5 Å². The van der Waals surface area contributed by atoms with Gasteiger partial charge in [-0.3, -0.25) is 4.79 Å². The van der Waals surface area contributed by atoms with Gasteiger partial charge in [-0.25, -0.2) is 8.78 Å². The van der Waals surface area contributed by atoms with Gasteiger partial charge in [-0.05, 0) is 31.9 Å². The zero-order valence-electron chi connectivity index (χ0n) is 14.0. The Morgan fingerprint density at radius 1 is 1.16 bits per heavy atom. The Balaban J connectivity index is 1.49. The lowest BCUT2D eigenvalue weighted by Crippen LogP contribution is -2.46. The fourth-order valence-corrected chi connectivity index (χ4v) is 4.88. The summed E-state index contributed by atoms with van der Waals surface area (Å²) >= 11 is 0. The normalized spacial score (nSPS) is 31.1. The molecular formula is C18H22F2N4O. The van der Waals surface area contributed by atoms with Crippen LogP contribution in [0.3, 0.4) is 0 Å². The lowest BCUT2D eigenvalue weighted by molar-refractivity contribution is 0.0674. The van der Waals surface area contributed by atoms with E-state index in [1.165, 1.54) is 6.07 Å². The highest BCUT2D eigenvalue weighted by Crippen LogP contribution is 2.39. The molecule has 7 heteroatoms. The number of rotatable bonds is 2. The van der Waals surface area contributed by atoms with Crippen molar-refractivity contribution in [2.45, 2.75) is 43.9 Å². The molecule has 1 aromatic rings. The number of benzene rings is 1. The van der Waals surface area contributed by atoms with Crippen molar-refractivity contribution in [2.75, 3.05) is 31.1 Å². The van der Waals surface area contributed by atoms with E-state index in [9.17, 15) is 9.18 Å². The van der Waals surface area contributed by atoms with Gasteiger partial charge in [-0.1, -0.05) is 0 Å². The van der Waals surface area contributed by atoms with Gasteiger partial charge >= 0.3 is 0 Å².